The van der Waals surface area contributed by atoms with Crippen molar-refractivity contribution in [3.63, 3.8) is 0 Å². The maximum absolute atomic E-state index is 11.9. The van der Waals surface area contributed by atoms with Gasteiger partial charge in [0, 0.05) is 17.6 Å². The van der Waals surface area contributed by atoms with E-state index in [0.717, 1.165) is 23.1 Å². The molecule has 0 bridgehead atoms. The van der Waals surface area contributed by atoms with E-state index in [9.17, 15) is 4.79 Å². The van der Waals surface area contributed by atoms with Crippen LogP contribution in [0.25, 0.3) is 0 Å². The van der Waals surface area contributed by atoms with Crippen LogP contribution in [0.5, 0.6) is 0 Å². The van der Waals surface area contributed by atoms with Crippen molar-refractivity contribution in [1.29, 1.82) is 0 Å². The van der Waals surface area contributed by atoms with Crippen molar-refractivity contribution in [2.45, 2.75) is 6.92 Å². The minimum atomic E-state index is 0.135. The molecular weight excluding hydrogens is 242 g/mol. The van der Waals surface area contributed by atoms with Gasteiger partial charge in [-0.15, -0.1) is 0 Å². The molecule has 0 aromatic heterocycles. The number of nitrogens with zero attached hydrogens (tertiary/aromatic N) is 1. The number of carbonyl (C=O) groups excluding carboxylic acids is 1. The molecule has 0 unspecified atom stereocenters. The summed E-state index contributed by atoms with van der Waals surface area (Å²) in [5, 5.41) is 0. The maximum atomic E-state index is 11.9. The SMILES string of the molecule is CC1CN(C(=O)c2ccccc2Br)C1. The number of amides is 1. The van der Waals surface area contributed by atoms with Gasteiger partial charge in [-0.2, -0.15) is 0 Å². The molecule has 1 aliphatic heterocycles. The van der Waals surface area contributed by atoms with E-state index in [1.165, 1.54) is 0 Å². The molecule has 14 heavy (non-hydrogen) atoms. The highest BCUT2D eigenvalue weighted by atomic mass is 79.9. The summed E-state index contributed by atoms with van der Waals surface area (Å²) in [6.07, 6.45) is 0. The third-order valence-corrected chi connectivity index (χ3v) is 3.15. The second kappa shape index (κ2) is 3.73. The lowest BCUT2D eigenvalue weighted by Gasteiger charge is -2.37. The minimum absolute atomic E-state index is 0.135. The van der Waals surface area contributed by atoms with Crippen molar-refractivity contribution < 1.29 is 4.79 Å². The molecule has 3 heteroatoms. The average molecular weight is 254 g/mol. The largest absolute Gasteiger partial charge is 0.338 e. The van der Waals surface area contributed by atoms with Crippen LogP contribution >= 0.6 is 15.9 Å². The van der Waals surface area contributed by atoms with Gasteiger partial charge in [-0.1, -0.05) is 19.1 Å². The molecule has 0 saturated carbocycles. The highest BCUT2D eigenvalue weighted by Crippen LogP contribution is 2.22. The Balaban J connectivity index is 2.16. The van der Waals surface area contributed by atoms with Crippen LogP contribution in [0.1, 0.15) is 17.3 Å². The third kappa shape index (κ3) is 1.69. The lowest BCUT2D eigenvalue weighted by atomic mass is 10.0. The topological polar surface area (TPSA) is 20.3 Å². The first-order chi connectivity index (χ1) is 6.68. The van der Waals surface area contributed by atoms with Crippen LogP contribution in [0, 0.1) is 5.92 Å². The van der Waals surface area contributed by atoms with Gasteiger partial charge in [0.25, 0.3) is 5.91 Å². The fraction of sp³-hybridized carbons (Fsp3) is 0.364. The summed E-state index contributed by atoms with van der Waals surface area (Å²) in [5.74, 6) is 0.789. The van der Waals surface area contributed by atoms with E-state index in [1.54, 1.807) is 0 Å². The lowest BCUT2D eigenvalue weighted by Crippen LogP contribution is -2.48. The highest BCUT2D eigenvalue weighted by molar-refractivity contribution is 9.10. The van der Waals surface area contributed by atoms with E-state index >= 15 is 0 Å². The van der Waals surface area contributed by atoms with E-state index in [-0.39, 0.29) is 5.91 Å². The normalized spacial score (nSPS) is 16.6. The summed E-state index contributed by atoms with van der Waals surface area (Å²) in [6, 6.07) is 7.56. The molecule has 1 fully saturated rings. The second-order valence-electron chi connectivity index (χ2n) is 3.80. The minimum Gasteiger partial charge on any atom is -0.338 e. The number of halogens is 1. The van der Waals surface area contributed by atoms with Gasteiger partial charge in [0.2, 0.25) is 0 Å². The monoisotopic (exact) mass is 253 g/mol. The van der Waals surface area contributed by atoms with Crippen LogP contribution in [0.4, 0.5) is 0 Å². The van der Waals surface area contributed by atoms with Gasteiger partial charge in [-0.25, -0.2) is 0 Å². The molecule has 1 aliphatic rings. The molecule has 1 heterocycles. The molecule has 1 saturated heterocycles. The molecule has 0 spiro atoms. The fourth-order valence-corrected chi connectivity index (χ4v) is 2.12. The smallest absolute Gasteiger partial charge is 0.255 e. The zero-order valence-corrected chi connectivity index (χ0v) is 9.62. The maximum Gasteiger partial charge on any atom is 0.255 e. The van der Waals surface area contributed by atoms with E-state index in [0.29, 0.717) is 5.92 Å². The van der Waals surface area contributed by atoms with Crippen LogP contribution in [-0.4, -0.2) is 23.9 Å². The first-order valence-corrected chi connectivity index (χ1v) is 5.51. The van der Waals surface area contributed by atoms with Gasteiger partial charge in [-0.3, -0.25) is 4.79 Å². The molecule has 0 aliphatic carbocycles. The quantitative estimate of drug-likeness (QED) is 0.754. The first kappa shape index (κ1) is 9.71. The Bertz CT molecular complexity index is 358. The van der Waals surface area contributed by atoms with Gasteiger partial charge < -0.3 is 4.90 Å². The number of rotatable bonds is 1. The predicted octanol–water partition coefficient (Wildman–Crippen LogP) is 2.54. The van der Waals surface area contributed by atoms with Crippen molar-refractivity contribution in [3.05, 3.63) is 34.3 Å². The van der Waals surface area contributed by atoms with Gasteiger partial charge in [0.05, 0.1) is 5.56 Å². The van der Waals surface area contributed by atoms with Crippen LogP contribution in [0.2, 0.25) is 0 Å². The average Bonchev–Trinajstić information content (AvgIpc) is 2.13. The molecule has 0 radical (unpaired) electrons. The molecule has 1 aromatic rings. The summed E-state index contributed by atoms with van der Waals surface area (Å²) in [5.41, 5.74) is 0.763. The summed E-state index contributed by atoms with van der Waals surface area (Å²) >= 11 is 3.39. The second-order valence-corrected chi connectivity index (χ2v) is 4.65. The molecule has 74 valence electrons. The van der Waals surface area contributed by atoms with Gasteiger partial charge in [-0.05, 0) is 34.0 Å². The third-order valence-electron chi connectivity index (χ3n) is 2.46. The number of carbonyl (C=O) groups is 1. The molecule has 0 atom stereocenters. The predicted molar refractivity (Wildman–Crippen MR) is 59.2 cm³/mol. The molecule has 2 nitrogen and oxygen atoms in total. The van der Waals surface area contributed by atoms with Crippen molar-refractivity contribution in [1.82, 2.24) is 4.90 Å². The van der Waals surface area contributed by atoms with Crippen molar-refractivity contribution in [2.24, 2.45) is 5.92 Å². The highest BCUT2D eigenvalue weighted by Gasteiger charge is 2.28. The summed E-state index contributed by atoms with van der Waals surface area (Å²) in [4.78, 5) is 13.8. The van der Waals surface area contributed by atoms with E-state index in [1.807, 2.05) is 29.2 Å². The Hall–Kier alpha value is -0.830. The van der Waals surface area contributed by atoms with Crippen molar-refractivity contribution in [2.75, 3.05) is 13.1 Å². The number of hydrogen-bond donors (Lipinski definition) is 0. The van der Waals surface area contributed by atoms with E-state index in [4.69, 9.17) is 0 Å². The van der Waals surface area contributed by atoms with Gasteiger partial charge >= 0.3 is 0 Å². The Morgan fingerprint density at radius 3 is 2.64 bits per heavy atom. The molecular formula is C11H12BrNO. The van der Waals surface area contributed by atoms with E-state index < -0.39 is 0 Å². The number of hydrogen-bond acceptors (Lipinski definition) is 1. The summed E-state index contributed by atoms with van der Waals surface area (Å²) < 4.78 is 0.879. The Morgan fingerprint density at radius 2 is 2.07 bits per heavy atom. The Labute approximate surface area is 92.0 Å². The molecule has 0 N–H and O–H groups in total. The molecule has 2 rings (SSSR count). The van der Waals surface area contributed by atoms with Crippen molar-refractivity contribution in [3.8, 4) is 0 Å². The lowest BCUT2D eigenvalue weighted by molar-refractivity contribution is 0.0529. The van der Waals surface area contributed by atoms with Crippen LogP contribution in [0.3, 0.4) is 0 Å². The van der Waals surface area contributed by atoms with Gasteiger partial charge in [0.1, 0.15) is 0 Å². The Kier molecular flexibility index (Phi) is 2.59. The number of likely N-dealkylation sites (tertiary alicyclic amines) is 1. The van der Waals surface area contributed by atoms with Crippen LogP contribution in [-0.2, 0) is 0 Å². The van der Waals surface area contributed by atoms with Crippen LogP contribution < -0.4 is 0 Å². The zero-order chi connectivity index (χ0) is 10.1. The zero-order valence-electron chi connectivity index (χ0n) is 8.03. The fourth-order valence-electron chi connectivity index (χ4n) is 1.67. The Morgan fingerprint density at radius 1 is 1.43 bits per heavy atom. The van der Waals surface area contributed by atoms with Crippen molar-refractivity contribution >= 4 is 21.8 Å². The summed E-state index contributed by atoms with van der Waals surface area (Å²) in [6.45, 7) is 3.93. The standard InChI is InChI=1S/C11H12BrNO/c1-8-6-13(7-8)11(14)9-4-2-3-5-10(9)12/h2-5,8H,6-7H2,1H3. The summed E-state index contributed by atoms with van der Waals surface area (Å²) in [7, 11) is 0. The first-order valence-electron chi connectivity index (χ1n) is 4.72. The van der Waals surface area contributed by atoms with Crippen LogP contribution in [0.15, 0.2) is 28.7 Å². The van der Waals surface area contributed by atoms with E-state index in [2.05, 4.69) is 22.9 Å². The molecule has 1 amide bonds. The molecule has 1 aromatic carbocycles. The number of benzene rings is 1. The van der Waals surface area contributed by atoms with Gasteiger partial charge in [0.15, 0.2) is 0 Å².